The summed E-state index contributed by atoms with van der Waals surface area (Å²) < 4.78 is 18.4. The zero-order valence-corrected chi connectivity index (χ0v) is 22.0. The van der Waals surface area contributed by atoms with Gasteiger partial charge in [-0.05, 0) is 47.7 Å². The first-order valence-corrected chi connectivity index (χ1v) is 12.7. The van der Waals surface area contributed by atoms with Gasteiger partial charge >= 0.3 is 5.97 Å². The number of rotatable bonds is 9. The quantitative estimate of drug-likeness (QED) is 0.162. The van der Waals surface area contributed by atoms with Crippen LogP contribution in [-0.4, -0.2) is 40.1 Å². The van der Waals surface area contributed by atoms with Gasteiger partial charge in [-0.25, -0.2) is 4.79 Å². The van der Waals surface area contributed by atoms with E-state index in [-0.39, 0.29) is 16.0 Å². The highest BCUT2D eigenvalue weighted by molar-refractivity contribution is 8.03. The van der Waals surface area contributed by atoms with E-state index in [2.05, 4.69) is 10.2 Å². The van der Waals surface area contributed by atoms with Crippen LogP contribution in [-0.2, 0) is 11.3 Å². The smallest absolute Gasteiger partial charge is 0.342 e. The van der Waals surface area contributed by atoms with Crippen LogP contribution in [0.15, 0.2) is 87.5 Å². The Labute approximate surface area is 227 Å². The molecule has 0 aliphatic heterocycles. The van der Waals surface area contributed by atoms with E-state index in [4.69, 9.17) is 25.5 Å². The first-order valence-electron chi connectivity index (χ1n) is 11.5. The van der Waals surface area contributed by atoms with Gasteiger partial charge in [0.15, 0.2) is 0 Å². The summed E-state index contributed by atoms with van der Waals surface area (Å²) in [6, 6.07) is 20.6. The van der Waals surface area contributed by atoms with E-state index in [9.17, 15) is 9.90 Å². The monoisotopic (exact) mass is 547 g/mol. The van der Waals surface area contributed by atoms with Gasteiger partial charge in [0, 0.05) is 45.9 Å². The van der Waals surface area contributed by atoms with Crippen molar-refractivity contribution in [2.24, 2.45) is 0 Å². The lowest BCUT2D eigenvalue weighted by molar-refractivity contribution is -0.131. The number of fused-ring (bicyclic) bond motifs is 1. The number of carboxylic acids is 1. The first-order chi connectivity index (χ1) is 18.4. The van der Waals surface area contributed by atoms with Gasteiger partial charge in [0.05, 0.1) is 14.2 Å². The molecular weight excluding hydrogens is 526 g/mol. The number of thioether (sulfide) groups is 1. The van der Waals surface area contributed by atoms with Crippen molar-refractivity contribution in [3.63, 3.8) is 0 Å². The number of nitrogens with zero attached hydrogens (tertiary/aromatic N) is 3. The lowest BCUT2D eigenvalue weighted by Crippen LogP contribution is -1.98. The molecule has 2 heterocycles. The Bertz CT molecular complexity index is 1640. The van der Waals surface area contributed by atoms with Crippen LogP contribution < -0.4 is 9.47 Å². The van der Waals surface area contributed by atoms with Crippen LogP contribution in [0.25, 0.3) is 28.4 Å². The predicted molar refractivity (Wildman–Crippen MR) is 147 cm³/mol. The average molecular weight is 548 g/mol. The molecule has 0 bridgehead atoms. The van der Waals surface area contributed by atoms with Crippen molar-refractivity contribution in [2.75, 3.05) is 14.2 Å². The van der Waals surface area contributed by atoms with Gasteiger partial charge in [-0.1, -0.05) is 48.0 Å². The van der Waals surface area contributed by atoms with Crippen molar-refractivity contribution in [3.05, 3.63) is 94.0 Å². The van der Waals surface area contributed by atoms with Gasteiger partial charge in [0.25, 0.3) is 5.22 Å². The van der Waals surface area contributed by atoms with Crippen LogP contribution in [0, 0.1) is 0 Å². The van der Waals surface area contributed by atoms with E-state index in [0.29, 0.717) is 28.6 Å². The summed E-state index contributed by atoms with van der Waals surface area (Å²) >= 11 is 7.26. The number of benzene rings is 3. The summed E-state index contributed by atoms with van der Waals surface area (Å²) in [5, 5.41) is 19.8. The molecule has 5 rings (SSSR count). The number of halogens is 1. The molecule has 0 spiro atoms. The molecule has 8 nitrogen and oxygen atoms in total. The molecule has 0 aliphatic carbocycles. The Morgan fingerprint density at radius 2 is 1.76 bits per heavy atom. The van der Waals surface area contributed by atoms with E-state index in [1.807, 2.05) is 59.3 Å². The minimum atomic E-state index is -1.11. The zero-order valence-electron chi connectivity index (χ0n) is 20.4. The molecule has 38 heavy (non-hydrogen) atoms. The number of methoxy groups -OCH3 is 2. The molecule has 0 unspecified atom stereocenters. The molecule has 0 fully saturated rings. The van der Waals surface area contributed by atoms with Crippen LogP contribution in [0.3, 0.4) is 0 Å². The third kappa shape index (κ3) is 5.39. The molecule has 3 aromatic carbocycles. The Hall–Kier alpha value is -4.21. The maximum Gasteiger partial charge on any atom is 0.342 e. The van der Waals surface area contributed by atoms with Gasteiger partial charge in [-0.15, -0.1) is 10.2 Å². The second-order valence-corrected chi connectivity index (χ2v) is 9.61. The second kappa shape index (κ2) is 11.0. The van der Waals surface area contributed by atoms with E-state index in [0.717, 1.165) is 33.8 Å². The minimum Gasteiger partial charge on any atom is -0.497 e. The molecular formula is C28H22ClN3O5S. The highest BCUT2D eigenvalue weighted by Crippen LogP contribution is 2.34. The second-order valence-electron chi connectivity index (χ2n) is 8.21. The topological polar surface area (TPSA) is 99.6 Å². The summed E-state index contributed by atoms with van der Waals surface area (Å²) in [5.74, 6) is 0.226. The summed E-state index contributed by atoms with van der Waals surface area (Å²) in [6.07, 6.45) is 3.52. The summed E-state index contributed by atoms with van der Waals surface area (Å²) in [5.41, 5.74) is 3.25. The van der Waals surface area contributed by atoms with E-state index >= 15 is 0 Å². The van der Waals surface area contributed by atoms with Crippen molar-refractivity contribution >= 4 is 46.3 Å². The van der Waals surface area contributed by atoms with Crippen molar-refractivity contribution < 1.29 is 23.8 Å². The Balaban J connectivity index is 1.47. The van der Waals surface area contributed by atoms with Gasteiger partial charge in [0.1, 0.15) is 16.4 Å². The minimum absolute atomic E-state index is 0.0315. The van der Waals surface area contributed by atoms with Crippen molar-refractivity contribution in [1.82, 2.24) is 14.8 Å². The van der Waals surface area contributed by atoms with Gasteiger partial charge in [-0.3, -0.25) is 0 Å². The number of hydrogen-bond acceptors (Lipinski definition) is 7. The lowest BCUT2D eigenvalue weighted by Gasteiger charge is -2.07. The van der Waals surface area contributed by atoms with Crippen LogP contribution >= 0.6 is 23.4 Å². The van der Waals surface area contributed by atoms with Crippen molar-refractivity contribution in [1.29, 1.82) is 0 Å². The van der Waals surface area contributed by atoms with Crippen LogP contribution in [0.5, 0.6) is 11.5 Å². The van der Waals surface area contributed by atoms with Crippen LogP contribution in [0.1, 0.15) is 11.1 Å². The zero-order chi connectivity index (χ0) is 26.6. The Kier molecular flexibility index (Phi) is 7.39. The highest BCUT2D eigenvalue weighted by atomic mass is 35.5. The van der Waals surface area contributed by atoms with Crippen LogP contribution in [0.2, 0.25) is 5.02 Å². The van der Waals surface area contributed by atoms with Crippen molar-refractivity contribution in [3.8, 4) is 23.0 Å². The SMILES string of the molecule is COc1cc(OC)cc(-c2nnc(S/C(=C\c3cn(Cc4ccccc4Cl)c4ccccc34)C(=O)O)o2)c1. The Morgan fingerprint density at radius 3 is 2.47 bits per heavy atom. The molecule has 0 saturated heterocycles. The third-order valence-electron chi connectivity index (χ3n) is 5.82. The molecule has 0 amide bonds. The fraction of sp³-hybridized carbons (Fsp3) is 0.107. The average Bonchev–Trinajstić information content (AvgIpc) is 3.54. The predicted octanol–water partition coefficient (Wildman–Crippen LogP) is 6.63. The number of aromatic nitrogens is 3. The Morgan fingerprint density at radius 1 is 1.05 bits per heavy atom. The van der Waals surface area contributed by atoms with Gasteiger partial charge in [-0.2, -0.15) is 0 Å². The number of aliphatic carboxylic acids is 1. The molecule has 0 atom stereocenters. The van der Waals surface area contributed by atoms with E-state index in [1.165, 1.54) is 0 Å². The van der Waals surface area contributed by atoms with Gasteiger partial charge in [0.2, 0.25) is 5.89 Å². The maximum absolute atomic E-state index is 12.2. The summed E-state index contributed by atoms with van der Waals surface area (Å²) in [7, 11) is 3.09. The maximum atomic E-state index is 12.2. The lowest BCUT2D eigenvalue weighted by atomic mass is 10.1. The summed E-state index contributed by atoms with van der Waals surface area (Å²) in [6.45, 7) is 0.542. The number of carboxylic acid groups (broad SMARTS) is 1. The van der Waals surface area contributed by atoms with Gasteiger partial charge < -0.3 is 23.6 Å². The third-order valence-corrected chi connectivity index (χ3v) is 7.04. The fourth-order valence-corrected chi connectivity index (χ4v) is 4.86. The molecule has 192 valence electrons. The molecule has 0 radical (unpaired) electrons. The van der Waals surface area contributed by atoms with E-state index in [1.54, 1.807) is 38.5 Å². The molecule has 0 aliphatic rings. The molecule has 5 aromatic rings. The standard InChI is InChI=1S/C28H22ClN3O5S/c1-35-20-11-18(12-21(14-20)36-2)26-30-31-28(37-26)38-25(27(33)34)13-19-16-32(24-10-6-4-8-22(19)24)15-17-7-3-5-9-23(17)29/h3-14,16H,15H2,1-2H3,(H,33,34)/b25-13-. The molecule has 0 saturated carbocycles. The largest absolute Gasteiger partial charge is 0.497 e. The fourth-order valence-electron chi connectivity index (χ4n) is 4.00. The van der Waals surface area contributed by atoms with E-state index < -0.39 is 5.97 Å². The molecule has 10 heteroatoms. The first kappa shape index (κ1) is 25.4. The molecule has 1 N–H and O–H groups in total. The normalized spacial score (nSPS) is 11.6. The van der Waals surface area contributed by atoms with Crippen molar-refractivity contribution in [2.45, 2.75) is 11.8 Å². The highest BCUT2D eigenvalue weighted by Gasteiger charge is 2.18. The van der Waals surface area contributed by atoms with Crippen LogP contribution in [0.4, 0.5) is 0 Å². The number of hydrogen-bond donors (Lipinski definition) is 1. The summed E-state index contributed by atoms with van der Waals surface area (Å²) in [4.78, 5) is 12.2. The number of para-hydroxylation sites is 1. The molecule has 2 aromatic heterocycles. The number of carbonyl (C=O) groups is 1. The number of ether oxygens (including phenoxy) is 2.